The first kappa shape index (κ1) is 10.9. The third-order valence-corrected chi connectivity index (χ3v) is 1.70. The minimum absolute atomic E-state index is 0.201. The topological polar surface area (TPSA) is 41.5 Å². The molecule has 1 atom stereocenters. The highest BCUT2D eigenvalue weighted by Gasteiger charge is 2.03. The fourth-order valence-corrected chi connectivity index (χ4v) is 1.02. The Morgan fingerprint density at radius 2 is 2.07 bits per heavy atom. The van der Waals surface area contributed by atoms with Crippen molar-refractivity contribution in [2.24, 2.45) is 0 Å². The predicted octanol–water partition coefficient (Wildman–Crippen LogP) is 0.785. The summed E-state index contributed by atoms with van der Waals surface area (Å²) in [6.07, 6.45) is -0.551. The number of benzene rings is 1. The minimum atomic E-state index is -0.551. The SMILES string of the molecule is CNCC(O)COc1ccc(F)cc1. The zero-order valence-electron chi connectivity index (χ0n) is 8.03. The molecule has 4 heteroatoms. The van der Waals surface area contributed by atoms with Crippen LogP contribution < -0.4 is 10.1 Å². The summed E-state index contributed by atoms with van der Waals surface area (Å²) in [6, 6.07) is 5.70. The molecule has 2 N–H and O–H groups in total. The van der Waals surface area contributed by atoms with Gasteiger partial charge in [-0.1, -0.05) is 0 Å². The van der Waals surface area contributed by atoms with Crippen LogP contribution in [0.25, 0.3) is 0 Å². The van der Waals surface area contributed by atoms with Gasteiger partial charge in [-0.2, -0.15) is 0 Å². The molecule has 0 amide bonds. The molecule has 0 saturated heterocycles. The standard InChI is InChI=1S/C10H14FNO2/c1-12-6-9(13)7-14-10-4-2-8(11)3-5-10/h2-5,9,12-13H,6-7H2,1H3. The maximum absolute atomic E-state index is 12.5. The molecule has 1 aromatic carbocycles. The van der Waals surface area contributed by atoms with E-state index in [1.54, 1.807) is 7.05 Å². The van der Waals surface area contributed by atoms with Gasteiger partial charge in [0.2, 0.25) is 0 Å². The van der Waals surface area contributed by atoms with E-state index in [0.717, 1.165) is 0 Å². The molecule has 14 heavy (non-hydrogen) atoms. The van der Waals surface area contributed by atoms with Gasteiger partial charge in [0.05, 0.1) is 0 Å². The van der Waals surface area contributed by atoms with Crippen LogP contribution in [0.4, 0.5) is 4.39 Å². The minimum Gasteiger partial charge on any atom is -0.491 e. The Bertz CT molecular complexity index is 263. The second kappa shape index (κ2) is 5.57. The number of nitrogens with one attached hydrogen (secondary N) is 1. The molecule has 0 aliphatic rings. The van der Waals surface area contributed by atoms with Gasteiger partial charge < -0.3 is 15.2 Å². The highest BCUT2D eigenvalue weighted by molar-refractivity contribution is 5.22. The summed E-state index contributed by atoms with van der Waals surface area (Å²) >= 11 is 0. The van der Waals surface area contributed by atoms with Gasteiger partial charge in [-0.25, -0.2) is 4.39 Å². The summed E-state index contributed by atoms with van der Waals surface area (Å²) in [6.45, 7) is 0.674. The van der Waals surface area contributed by atoms with Crippen LogP contribution in [-0.2, 0) is 0 Å². The van der Waals surface area contributed by atoms with Crippen molar-refractivity contribution in [1.29, 1.82) is 0 Å². The van der Waals surface area contributed by atoms with Crippen LogP contribution in [0, 0.1) is 5.82 Å². The van der Waals surface area contributed by atoms with Crippen molar-refractivity contribution >= 4 is 0 Å². The lowest BCUT2D eigenvalue weighted by molar-refractivity contribution is 0.108. The Balaban J connectivity index is 2.34. The van der Waals surface area contributed by atoms with Gasteiger partial charge in [0.1, 0.15) is 24.3 Å². The van der Waals surface area contributed by atoms with E-state index in [0.29, 0.717) is 12.3 Å². The fraction of sp³-hybridized carbons (Fsp3) is 0.400. The first-order chi connectivity index (χ1) is 6.72. The smallest absolute Gasteiger partial charge is 0.123 e. The third-order valence-electron chi connectivity index (χ3n) is 1.70. The number of aliphatic hydroxyl groups excluding tert-OH is 1. The normalized spacial score (nSPS) is 12.5. The molecule has 0 heterocycles. The summed E-state index contributed by atoms with van der Waals surface area (Å²) in [7, 11) is 1.75. The zero-order valence-corrected chi connectivity index (χ0v) is 8.03. The molecule has 3 nitrogen and oxygen atoms in total. The molecular weight excluding hydrogens is 185 g/mol. The number of ether oxygens (including phenoxy) is 1. The van der Waals surface area contributed by atoms with Crippen LogP contribution in [0.15, 0.2) is 24.3 Å². The van der Waals surface area contributed by atoms with Gasteiger partial charge in [0, 0.05) is 6.54 Å². The van der Waals surface area contributed by atoms with E-state index in [-0.39, 0.29) is 12.4 Å². The quantitative estimate of drug-likeness (QED) is 0.736. The molecular formula is C10H14FNO2. The molecule has 0 radical (unpaired) electrons. The van der Waals surface area contributed by atoms with Crippen molar-refractivity contribution in [2.75, 3.05) is 20.2 Å². The lowest BCUT2D eigenvalue weighted by atomic mass is 10.3. The lowest BCUT2D eigenvalue weighted by Gasteiger charge is -2.11. The van der Waals surface area contributed by atoms with Gasteiger partial charge >= 0.3 is 0 Å². The van der Waals surface area contributed by atoms with E-state index < -0.39 is 6.10 Å². The molecule has 0 bridgehead atoms. The summed E-state index contributed by atoms with van der Waals surface area (Å²) < 4.78 is 17.7. The summed E-state index contributed by atoms with van der Waals surface area (Å²) in [5, 5.41) is 12.1. The second-order valence-electron chi connectivity index (χ2n) is 2.98. The van der Waals surface area contributed by atoms with Crippen LogP contribution in [0.1, 0.15) is 0 Å². The van der Waals surface area contributed by atoms with Crippen LogP contribution in [-0.4, -0.2) is 31.4 Å². The second-order valence-corrected chi connectivity index (χ2v) is 2.98. The van der Waals surface area contributed by atoms with Crippen LogP contribution >= 0.6 is 0 Å². The summed E-state index contributed by atoms with van der Waals surface area (Å²) in [5.41, 5.74) is 0. The molecule has 0 aromatic heterocycles. The number of hydrogen-bond acceptors (Lipinski definition) is 3. The maximum Gasteiger partial charge on any atom is 0.123 e. The average molecular weight is 199 g/mol. The van der Waals surface area contributed by atoms with Crippen molar-refractivity contribution in [2.45, 2.75) is 6.10 Å². The molecule has 0 aliphatic carbocycles. The molecule has 0 aliphatic heterocycles. The molecule has 0 spiro atoms. The van der Waals surface area contributed by atoms with Crippen LogP contribution in [0.5, 0.6) is 5.75 Å². The summed E-state index contributed by atoms with van der Waals surface area (Å²) in [4.78, 5) is 0. The maximum atomic E-state index is 12.5. The predicted molar refractivity (Wildman–Crippen MR) is 51.8 cm³/mol. The Kier molecular flexibility index (Phi) is 4.35. The monoisotopic (exact) mass is 199 g/mol. The number of likely N-dealkylation sites (N-methyl/N-ethyl adjacent to an activating group) is 1. The van der Waals surface area contributed by atoms with E-state index in [1.807, 2.05) is 0 Å². The first-order valence-electron chi connectivity index (χ1n) is 4.43. The Morgan fingerprint density at radius 1 is 1.43 bits per heavy atom. The Labute approximate surface area is 82.5 Å². The largest absolute Gasteiger partial charge is 0.491 e. The number of hydrogen-bond donors (Lipinski definition) is 2. The van der Waals surface area contributed by atoms with Crippen LogP contribution in [0.3, 0.4) is 0 Å². The van der Waals surface area contributed by atoms with E-state index in [1.165, 1.54) is 24.3 Å². The van der Waals surface area contributed by atoms with Crippen molar-refractivity contribution in [3.63, 3.8) is 0 Å². The molecule has 1 aromatic rings. The van der Waals surface area contributed by atoms with E-state index >= 15 is 0 Å². The number of rotatable bonds is 5. The first-order valence-corrected chi connectivity index (χ1v) is 4.43. The van der Waals surface area contributed by atoms with Gasteiger partial charge in [-0.05, 0) is 31.3 Å². The molecule has 1 rings (SSSR count). The molecule has 1 unspecified atom stereocenters. The van der Waals surface area contributed by atoms with Gasteiger partial charge in [0.15, 0.2) is 0 Å². The molecule has 0 saturated carbocycles. The van der Waals surface area contributed by atoms with E-state index in [4.69, 9.17) is 4.74 Å². The van der Waals surface area contributed by atoms with Crippen molar-refractivity contribution < 1.29 is 14.2 Å². The lowest BCUT2D eigenvalue weighted by Crippen LogP contribution is -2.29. The van der Waals surface area contributed by atoms with Crippen molar-refractivity contribution in [1.82, 2.24) is 5.32 Å². The van der Waals surface area contributed by atoms with Gasteiger partial charge in [-0.3, -0.25) is 0 Å². The number of halogens is 1. The highest BCUT2D eigenvalue weighted by Crippen LogP contribution is 2.10. The fourth-order valence-electron chi connectivity index (χ4n) is 1.02. The Hall–Kier alpha value is -1.13. The zero-order chi connectivity index (χ0) is 10.4. The van der Waals surface area contributed by atoms with Crippen LogP contribution in [0.2, 0.25) is 0 Å². The molecule has 78 valence electrons. The molecule has 0 fully saturated rings. The van der Waals surface area contributed by atoms with Gasteiger partial charge in [-0.15, -0.1) is 0 Å². The third kappa shape index (κ3) is 3.72. The Morgan fingerprint density at radius 3 is 2.64 bits per heavy atom. The van der Waals surface area contributed by atoms with Crippen molar-refractivity contribution in [3.8, 4) is 5.75 Å². The van der Waals surface area contributed by atoms with Crippen molar-refractivity contribution in [3.05, 3.63) is 30.1 Å². The van der Waals surface area contributed by atoms with E-state index in [9.17, 15) is 9.50 Å². The highest BCUT2D eigenvalue weighted by atomic mass is 19.1. The average Bonchev–Trinajstić information content (AvgIpc) is 2.17. The van der Waals surface area contributed by atoms with Gasteiger partial charge in [0.25, 0.3) is 0 Å². The van der Waals surface area contributed by atoms with E-state index in [2.05, 4.69) is 5.32 Å². The number of aliphatic hydroxyl groups is 1. The summed E-state index contributed by atoms with van der Waals surface area (Å²) in [5.74, 6) is 0.259.